The van der Waals surface area contributed by atoms with Gasteiger partial charge in [0, 0.05) is 18.0 Å². The highest BCUT2D eigenvalue weighted by molar-refractivity contribution is 5.64. The lowest BCUT2D eigenvalue weighted by atomic mass is 10.1. The fourth-order valence-corrected chi connectivity index (χ4v) is 1.21. The summed E-state index contributed by atoms with van der Waals surface area (Å²) in [6.45, 7) is 0. The van der Waals surface area contributed by atoms with Crippen molar-refractivity contribution in [3.63, 3.8) is 0 Å². The van der Waals surface area contributed by atoms with Crippen LogP contribution in [0.5, 0.6) is 0 Å². The minimum atomic E-state index is -0.810. The molecule has 0 aliphatic heterocycles. The van der Waals surface area contributed by atoms with Gasteiger partial charge in [-0.1, -0.05) is 0 Å². The summed E-state index contributed by atoms with van der Waals surface area (Å²) in [7, 11) is 0. The first-order valence-corrected chi connectivity index (χ1v) is 4.20. The molecule has 2 aromatic rings. The summed E-state index contributed by atoms with van der Waals surface area (Å²) in [6.07, 6.45) is 4.28. The van der Waals surface area contributed by atoms with Crippen LogP contribution in [0.3, 0.4) is 0 Å². The molecule has 2 N–H and O–H groups in total. The number of anilines is 1. The molecule has 0 radical (unpaired) electrons. The van der Waals surface area contributed by atoms with Crippen LogP contribution in [0.1, 0.15) is 0 Å². The minimum Gasteiger partial charge on any atom is -0.394 e. The maximum Gasteiger partial charge on any atom is 0.158 e. The summed E-state index contributed by atoms with van der Waals surface area (Å²) in [6, 6.07) is 2.38. The van der Waals surface area contributed by atoms with Gasteiger partial charge in [0.15, 0.2) is 5.82 Å². The highest BCUT2D eigenvalue weighted by atomic mass is 19.1. The van der Waals surface area contributed by atoms with Crippen LogP contribution in [0.15, 0.2) is 30.7 Å². The monoisotopic (exact) mass is 207 g/mol. The number of hydrogen-bond acceptors (Lipinski definition) is 3. The quantitative estimate of drug-likeness (QED) is 0.727. The molecule has 1 aromatic carbocycles. The molecule has 0 aliphatic carbocycles. The van der Waals surface area contributed by atoms with Crippen LogP contribution in [0.2, 0.25) is 0 Å². The van der Waals surface area contributed by atoms with Crippen LogP contribution >= 0.6 is 0 Å². The van der Waals surface area contributed by atoms with Crippen molar-refractivity contribution in [2.45, 2.75) is 0 Å². The molecule has 5 heteroatoms. The van der Waals surface area contributed by atoms with Gasteiger partial charge < -0.3 is 5.73 Å². The maximum atomic E-state index is 13.5. The zero-order valence-electron chi connectivity index (χ0n) is 7.61. The Balaban J connectivity index is 2.60. The Hall–Kier alpha value is -2.04. The van der Waals surface area contributed by atoms with E-state index in [0.29, 0.717) is 5.69 Å². The van der Waals surface area contributed by atoms with Crippen LogP contribution < -0.4 is 5.73 Å². The number of benzene rings is 1. The number of rotatable bonds is 1. The highest BCUT2D eigenvalue weighted by Crippen LogP contribution is 2.25. The molecule has 0 fully saturated rings. The first kappa shape index (κ1) is 9.51. The van der Waals surface area contributed by atoms with E-state index in [4.69, 9.17) is 5.73 Å². The van der Waals surface area contributed by atoms with E-state index in [1.165, 1.54) is 24.7 Å². The predicted octanol–water partition coefficient (Wildman–Crippen LogP) is 2.00. The van der Waals surface area contributed by atoms with Gasteiger partial charge in [-0.15, -0.1) is 0 Å². The van der Waals surface area contributed by atoms with E-state index in [2.05, 4.69) is 9.97 Å². The fourth-order valence-electron chi connectivity index (χ4n) is 1.21. The Morgan fingerprint density at radius 1 is 1.13 bits per heavy atom. The maximum absolute atomic E-state index is 13.5. The van der Waals surface area contributed by atoms with E-state index < -0.39 is 17.3 Å². The molecule has 1 heterocycles. The van der Waals surface area contributed by atoms with Crippen molar-refractivity contribution in [1.29, 1.82) is 0 Å². The van der Waals surface area contributed by atoms with Crippen molar-refractivity contribution >= 4 is 5.69 Å². The lowest BCUT2D eigenvalue weighted by Crippen LogP contribution is -1.98. The van der Waals surface area contributed by atoms with Crippen molar-refractivity contribution < 1.29 is 8.78 Å². The second-order valence-electron chi connectivity index (χ2n) is 2.91. The summed E-state index contributed by atoms with van der Waals surface area (Å²) >= 11 is 0. The average Bonchev–Trinajstić information content (AvgIpc) is 2.27. The Morgan fingerprint density at radius 2 is 1.93 bits per heavy atom. The molecule has 0 bridgehead atoms. The van der Waals surface area contributed by atoms with Gasteiger partial charge in [0.05, 0.1) is 11.9 Å². The Kier molecular flexibility index (Phi) is 2.29. The molecule has 76 valence electrons. The average molecular weight is 207 g/mol. The normalized spacial score (nSPS) is 10.3. The molecule has 0 aliphatic rings. The lowest BCUT2D eigenvalue weighted by molar-refractivity contribution is 0.593. The Bertz CT molecular complexity index is 486. The Morgan fingerprint density at radius 3 is 2.60 bits per heavy atom. The van der Waals surface area contributed by atoms with Crippen molar-refractivity contribution in [3.8, 4) is 11.3 Å². The van der Waals surface area contributed by atoms with E-state index >= 15 is 0 Å². The number of halogens is 2. The number of hydrogen-bond donors (Lipinski definition) is 1. The molecular weight excluding hydrogens is 200 g/mol. The first-order chi connectivity index (χ1) is 7.20. The van der Waals surface area contributed by atoms with E-state index in [-0.39, 0.29) is 5.56 Å². The molecule has 3 nitrogen and oxygen atoms in total. The van der Waals surface area contributed by atoms with Crippen LogP contribution in [-0.2, 0) is 0 Å². The smallest absolute Gasteiger partial charge is 0.158 e. The molecule has 15 heavy (non-hydrogen) atoms. The van der Waals surface area contributed by atoms with Gasteiger partial charge in [0.2, 0.25) is 0 Å². The molecule has 1 aromatic heterocycles. The highest BCUT2D eigenvalue weighted by Gasteiger charge is 2.12. The number of nitrogens with zero attached hydrogens (tertiary/aromatic N) is 2. The SMILES string of the molecule is Nc1c(F)ccc(-c2cnccn2)c1F. The van der Waals surface area contributed by atoms with Crippen LogP contribution in [0, 0.1) is 11.6 Å². The van der Waals surface area contributed by atoms with Crippen LogP contribution in [0.4, 0.5) is 14.5 Å². The summed E-state index contributed by atoms with van der Waals surface area (Å²) in [5.41, 5.74) is 5.18. The molecule has 0 spiro atoms. The van der Waals surface area contributed by atoms with E-state index in [1.54, 1.807) is 0 Å². The third-order valence-corrected chi connectivity index (χ3v) is 1.97. The second kappa shape index (κ2) is 3.61. The molecular formula is C10H7F2N3. The minimum absolute atomic E-state index is 0.141. The van der Waals surface area contributed by atoms with Gasteiger partial charge in [-0.2, -0.15) is 0 Å². The van der Waals surface area contributed by atoms with Crippen molar-refractivity contribution in [2.75, 3.05) is 5.73 Å². The van der Waals surface area contributed by atoms with E-state index in [1.807, 2.05) is 0 Å². The third-order valence-electron chi connectivity index (χ3n) is 1.97. The predicted molar refractivity (Wildman–Crippen MR) is 51.8 cm³/mol. The molecule has 0 unspecified atom stereocenters. The van der Waals surface area contributed by atoms with E-state index in [0.717, 1.165) is 6.07 Å². The van der Waals surface area contributed by atoms with Crippen molar-refractivity contribution in [1.82, 2.24) is 9.97 Å². The van der Waals surface area contributed by atoms with Gasteiger partial charge in [-0.3, -0.25) is 9.97 Å². The third kappa shape index (κ3) is 1.63. The second-order valence-corrected chi connectivity index (χ2v) is 2.91. The van der Waals surface area contributed by atoms with Crippen LogP contribution in [-0.4, -0.2) is 9.97 Å². The summed E-state index contributed by atoms with van der Waals surface area (Å²) in [4.78, 5) is 7.69. The van der Waals surface area contributed by atoms with E-state index in [9.17, 15) is 8.78 Å². The number of aromatic nitrogens is 2. The Labute approximate surface area is 84.6 Å². The van der Waals surface area contributed by atoms with Gasteiger partial charge in [-0.05, 0) is 12.1 Å². The standard InChI is InChI=1S/C10H7F2N3/c11-7-2-1-6(9(12)10(7)13)8-5-14-3-4-15-8/h1-5H,13H2. The number of nitrogen functional groups attached to an aromatic ring is 1. The molecule has 0 atom stereocenters. The largest absolute Gasteiger partial charge is 0.394 e. The van der Waals surface area contributed by atoms with Gasteiger partial charge >= 0.3 is 0 Å². The van der Waals surface area contributed by atoms with Gasteiger partial charge in [-0.25, -0.2) is 8.78 Å². The molecule has 0 amide bonds. The fraction of sp³-hybridized carbons (Fsp3) is 0. The first-order valence-electron chi connectivity index (χ1n) is 4.20. The summed E-state index contributed by atoms with van der Waals surface area (Å²) < 4.78 is 26.4. The lowest BCUT2D eigenvalue weighted by Gasteiger charge is -2.04. The molecule has 0 saturated heterocycles. The zero-order chi connectivity index (χ0) is 10.8. The zero-order valence-corrected chi connectivity index (χ0v) is 7.61. The van der Waals surface area contributed by atoms with Crippen molar-refractivity contribution in [2.24, 2.45) is 0 Å². The summed E-state index contributed by atoms with van der Waals surface area (Å²) in [5, 5.41) is 0. The molecule has 2 rings (SSSR count). The van der Waals surface area contributed by atoms with Crippen LogP contribution in [0.25, 0.3) is 11.3 Å². The van der Waals surface area contributed by atoms with Gasteiger partial charge in [0.25, 0.3) is 0 Å². The number of nitrogens with two attached hydrogens (primary N) is 1. The summed E-state index contributed by atoms with van der Waals surface area (Å²) in [5.74, 6) is -1.59. The molecule has 0 saturated carbocycles. The van der Waals surface area contributed by atoms with Gasteiger partial charge in [0.1, 0.15) is 11.5 Å². The van der Waals surface area contributed by atoms with Crippen molar-refractivity contribution in [3.05, 3.63) is 42.4 Å². The topological polar surface area (TPSA) is 51.8 Å².